The van der Waals surface area contributed by atoms with Crippen molar-refractivity contribution in [2.75, 3.05) is 26.7 Å². The summed E-state index contributed by atoms with van der Waals surface area (Å²) in [5.74, 6) is 0.969. The van der Waals surface area contributed by atoms with Gasteiger partial charge in [-0.2, -0.15) is 0 Å². The van der Waals surface area contributed by atoms with E-state index in [1.807, 2.05) is 12.1 Å². The molecule has 1 fully saturated rings. The summed E-state index contributed by atoms with van der Waals surface area (Å²) in [6.45, 7) is 11.7. The number of imidazole rings is 1. The summed E-state index contributed by atoms with van der Waals surface area (Å²) in [6.07, 6.45) is 2.32. The van der Waals surface area contributed by atoms with E-state index in [0.29, 0.717) is 6.04 Å². The van der Waals surface area contributed by atoms with Crippen LogP contribution in [0.25, 0.3) is 0 Å². The number of likely N-dealkylation sites (tertiary alicyclic amines) is 1. The summed E-state index contributed by atoms with van der Waals surface area (Å²) >= 11 is 0. The van der Waals surface area contributed by atoms with Gasteiger partial charge in [-0.25, -0.2) is 9.37 Å². The lowest BCUT2D eigenvalue weighted by Gasteiger charge is -2.46. The van der Waals surface area contributed by atoms with Crippen molar-refractivity contribution < 1.29 is 4.39 Å². The van der Waals surface area contributed by atoms with Gasteiger partial charge in [0.05, 0.1) is 11.4 Å². The molecule has 27 heavy (non-hydrogen) atoms. The zero-order valence-corrected chi connectivity index (χ0v) is 17.0. The highest BCUT2D eigenvalue weighted by molar-refractivity contribution is 5.31. The Morgan fingerprint density at radius 1 is 1.15 bits per heavy atom. The second kappa shape index (κ2) is 7.02. The first kappa shape index (κ1) is 18.6. The summed E-state index contributed by atoms with van der Waals surface area (Å²) in [5.41, 5.74) is 4.05. The van der Waals surface area contributed by atoms with E-state index in [1.165, 1.54) is 17.0 Å². The van der Waals surface area contributed by atoms with Gasteiger partial charge >= 0.3 is 0 Å². The maximum absolute atomic E-state index is 13.3. The summed E-state index contributed by atoms with van der Waals surface area (Å²) < 4.78 is 15.7. The fourth-order valence-electron chi connectivity index (χ4n) is 5.02. The smallest absolute Gasteiger partial charge is 0.123 e. The van der Waals surface area contributed by atoms with E-state index in [1.54, 1.807) is 12.1 Å². The molecule has 1 aromatic heterocycles. The molecule has 3 heterocycles. The molecule has 0 saturated carbocycles. The normalized spacial score (nSPS) is 20.4. The first-order valence-electron chi connectivity index (χ1n) is 10.1. The number of aromatic nitrogens is 2. The van der Waals surface area contributed by atoms with Crippen LogP contribution in [0.2, 0.25) is 0 Å². The van der Waals surface area contributed by atoms with Crippen LogP contribution in [0, 0.1) is 12.7 Å². The SMILES string of the molecule is Cc1nc2c(n1C(C)C)CN(Cc1ccc(F)cc1)CC21CCN(C)CC1. The summed E-state index contributed by atoms with van der Waals surface area (Å²) in [7, 11) is 2.21. The van der Waals surface area contributed by atoms with E-state index in [9.17, 15) is 4.39 Å². The van der Waals surface area contributed by atoms with Crippen molar-refractivity contribution in [1.29, 1.82) is 0 Å². The van der Waals surface area contributed by atoms with Crippen molar-refractivity contribution in [2.24, 2.45) is 0 Å². The first-order valence-corrected chi connectivity index (χ1v) is 10.1. The molecule has 0 amide bonds. The highest BCUT2D eigenvalue weighted by Gasteiger charge is 2.44. The molecule has 2 aromatic rings. The molecule has 0 atom stereocenters. The molecule has 146 valence electrons. The van der Waals surface area contributed by atoms with E-state index < -0.39 is 0 Å². The zero-order chi connectivity index (χ0) is 19.2. The van der Waals surface area contributed by atoms with Gasteiger partial charge in [-0.15, -0.1) is 0 Å². The molecule has 0 bridgehead atoms. The van der Waals surface area contributed by atoms with Crippen molar-refractivity contribution in [1.82, 2.24) is 19.4 Å². The minimum absolute atomic E-state index is 0.144. The van der Waals surface area contributed by atoms with Crippen molar-refractivity contribution in [3.05, 3.63) is 52.9 Å². The molecule has 2 aliphatic rings. The fourth-order valence-corrected chi connectivity index (χ4v) is 5.02. The summed E-state index contributed by atoms with van der Waals surface area (Å²) in [5, 5.41) is 0. The quantitative estimate of drug-likeness (QED) is 0.819. The molecule has 1 saturated heterocycles. The van der Waals surface area contributed by atoms with E-state index in [-0.39, 0.29) is 11.2 Å². The highest BCUT2D eigenvalue weighted by Crippen LogP contribution is 2.42. The first-order chi connectivity index (χ1) is 12.9. The van der Waals surface area contributed by atoms with Crippen LogP contribution in [-0.4, -0.2) is 46.0 Å². The molecule has 0 N–H and O–H groups in total. The standard InChI is InChI=1S/C22H31FN4/c1-16(2)27-17(3)24-21-20(27)14-26(13-18-5-7-19(23)8-6-18)15-22(21)9-11-25(4)12-10-22/h5-8,16H,9-15H2,1-4H3. The topological polar surface area (TPSA) is 24.3 Å². The Bertz CT molecular complexity index is 800. The maximum atomic E-state index is 13.3. The average molecular weight is 371 g/mol. The molecule has 1 aromatic carbocycles. The van der Waals surface area contributed by atoms with Crippen LogP contribution in [0.5, 0.6) is 0 Å². The van der Waals surface area contributed by atoms with Gasteiger partial charge in [-0.05, 0) is 71.4 Å². The van der Waals surface area contributed by atoms with E-state index in [0.717, 1.165) is 51.4 Å². The van der Waals surface area contributed by atoms with Crippen LogP contribution >= 0.6 is 0 Å². The summed E-state index contributed by atoms with van der Waals surface area (Å²) in [6, 6.07) is 7.38. The molecular weight excluding hydrogens is 339 g/mol. The monoisotopic (exact) mass is 370 g/mol. The van der Waals surface area contributed by atoms with Gasteiger partial charge in [0, 0.05) is 31.1 Å². The van der Waals surface area contributed by atoms with Gasteiger partial charge in [0.1, 0.15) is 11.6 Å². The van der Waals surface area contributed by atoms with Gasteiger partial charge in [0.2, 0.25) is 0 Å². The van der Waals surface area contributed by atoms with Crippen LogP contribution in [0.4, 0.5) is 4.39 Å². The predicted octanol–water partition coefficient (Wildman–Crippen LogP) is 3.89. The molecule has 0 radical (unpaired) electrons. The molecule has 5 heteroatoms. The number of halogens is 1. The third-order valence-electron chi connectivity index (χ3n) is 6.37. The van der Waals surface area contributed by atoms with Gasteiger partial charge in [0.15, 0.2) is 0 Å². The molecule has 0 unspecified atom stereocenters. The highest BCUT2D eigenvalue weighted by atomic mass is 19.1. The Kier molecular flexibility index (Phi) is 4.85. The minimum Gasteiger partial charge on any atom is -0.328 e. The van der Waals surface area contributed by atoms with E-state index in [2.05, 4.69) is 42.2 Å². The van der Waals surface area contributed by atoms with E-state index in [4.69, 9.17) is 4.98 Å². The van der Waals surface area contributed by atoms with E-state index >= 15 is 0 Å². The number of benzene rings is 1. The van der Waals surface area contributed by atoms with Gasteiger partial charge < -0.3 is 9.47 Å². The van der Waals surface area contributed by atoms with Gasteiger partial charge in [-0.1, -0.05) is 12.1 Å². The Balaban J connectivity index is 1.70. The zero-order valence-electron chi connectivity index (χ0n) is 17.0. The number of piperidine rings is 1. The Hall–Kier alpha value is -1.72. The summed E-state index contributed by atoms with van der Waals surface area (Å²) in [4.78, 5) is 10.1. The average Bonchev–Trinajstić information content (AvgIpc) is 2.97. The van der Waals surface area contributed by atoms with Crippen LogP contribution in [0.1, 0.15) is 55.5 Å². The second-order valence-corrected chi connectivity index (χ2v) is 8.77. The number of hydrogen-bond acceptors (Lipinski definition) is 3. The van der Waals surface area contributed by atoms with Crippen molar-refractivity contribution in [2.45, 2.75) is 58.2 Å². The van der Waals surface area contributed by atoms with Crippen LogP contribution in [0.15, 0.2) is 24.3 Å². The third kappa shape index (κ3) is 3.43. The number of rotatable bonds is 3. The minimum atomic E-state index is -0.167. The lowest BCUT2D eigenvalue weighted by atomic mass is 9.72. The van der Waals surface area contributed by atoms with Crippen LogP contribution < -0.4 is 0 Å². The number of fused-ring (bicyclic) bond motifs is 2. The van der Waals surface area contributed by atoms with Crippen LogP contribution in [0.3, 0.4) is 0 Å². The van der Waals surface area contributed by atoms with Gasteiger partial charge in [0.25, 0.3) is 0 Å². The van der Waals surface area contributed by atoms with Crippen LogP contribution in [-0.2, 0) is 18.5 Å². The fraction of sp³-hybridized carbons (Fsp3) is 0.591. The number of aryl methyl sites for hydroxylation is 1. The largest absolute Gasteiger partial charge is 0.328 e. The number of hydrogen-bond donors (Lipinski definition) is 0. The van der Waals surface area contributed by atoms with Crippen molar-refractivity contribution in [3.8, 4) is 0 Å². The molecule has 2 aliphatic heterocycles. The Morgan fingerprint density at radius 3 is 2.44 bits per heavy atom. The lowest BCUT2D eigenvalue weighted by molar-refractivity contribution is 0.0995. The second-order valence-electron chi connectivity index (χ2n) is 8.77. The Labute approximate surface area is 162 Å². The lowest BCUT2D eigenvalue weighted by Crippen LogP contribution is -2.51. The molecule has 0 aliphatic carbocycles. The Morgan fingerprint density at radius 2 is 1.81 bits per heavy atom. The molecule has 1 spiro atoms. The number of nitrogens with zero attached hydrogens (tertiary/aromatic N) is 4. The van der Waals surface area contributed by atoms with Gasteiger partial charge in [-0.3, -0.25) is 4.90 Å². The predicted molar refractivity (Wildman–Crippen MR) is 106 cm³/mol. The van der Waals surface area contributed by atoms with Crippen molar-refractivity contribution in [3.63, 3.8) is 0 Å². The molecule has 4 rings (SSSR count). The molecule has 4 nitrogen and oxygen atoms in total. The molecular formula is C22H31FN4. The third-order valence-corrected chi connectivity index (χ3v) is 6.37. The maximum Gasteiger partial charge on any atom is 0.123 e. The van der Waals surface area contributed by atoms with Crippen molar-refractivity contribution >= 4 is 0 Å².